The molecule has 1 atom stereocenters. The molecule has 0 saturated heterocycles. The average Bonchev–Trinajstić information content (AvgIpc) is 1.88. The van der Waals surface area contributed by atoms with E-state index in [1.54, 1.807) is 6.08 Å². The topological polar surface area (TPSA) is 63.3 Å². The molecular weight excluding hydrogens is 130 g/mol. The number of hydrogen-bond donors (Lipinski definition) is 2. The van der Waals surface area contributed by atoms with Gasteiger partial charge in [-0.25, -0.2) is 0 Å². The van der Waals surface area contributed by atoms with E-state index in [9.17, 15) is 4.79 Å². The third kappa shape index (κ3) is 3.70. The molecule has 0 rings (SSSR count). The van der Waals surface area contributed by atoms with Crippen molar-refractivity contribution in [1.29, 1.82) is 0 Å². The van der Waals surface area contributed by atoms with E-state index in [1.165, 1.54) is 6.08 Å². The minimum absolute atomic E-state index is 0.277. The van der Waals surface area contributed by atoms with Gasteiger partial charge in [0.2, 0.25) is 0 Å². The highest BCUT2D eigenvalue weighted by Gasteiger charge is 2.07. The fraction of sp³-hybridized carbons (Fsp3) is 0.286. The van der Waals surface area contributed by atoms with E-state index < -0.39 is 12.0 Å². The zero-order chi connectivity index (χ0) is 7.98. The van der Waals surface area contributed by atoms with Crippen molar-refractivity contribution < 1.29 is 9.90 Å². The van der Waals surface area contributed by atoms with Gasteiger partial charge < -0.3 is 10.8 Å². The Morgan fingerprint density at radius 1 is 1.90 bits per heavy atom. The number of nitrogens with two attached hydrogens (primary N) is 1. The summed E-state index contributed by atoms with van der Waals surface area (Å²) in [5.41, 5.74) is 5.14. The van der Waals surface area contributed by atoms with E-state index in [1.807, 2.05) is 0 Å². The monoisotopic (exact) mass is 139 g/mol. The Labute approximate surface area is 59.5 Å². The maximum absolute atomic E-state index is 10.1. The van der Waals surface area contributed by atoms with Gasteiger partial charge >= 0.3 is 5.97 Å². The van der Waals surface area contributed by atoms with Crippen LogP contribution in [0, 0.1) is 12.3 Å². The summed E-state index contributed by atoms with van der Waals surface area (Å²) in [6.45, 7) is 0. The van der Waals surface area contributed by atoms with E-state index in [0.29, 0.717) is 0 Å². The lowest BCUT2D eigenvalue weighted by Crippen LogP contribution is -2.29. The predicted octanol–water partition coefficient (Wildman–Crippen LogP) is -0.0222. The fourth-order valence-electron chi connectivity index (χ4n) is 0.384. The largest absolute Gasteiger partial charge is 0.480 e. The van der Waals surface area contributed by atoms with Gasteiger partial charge in [-0.1, -0.05) is 12.0 Å². The summed E-state index contributed by atoms with van der Waals surface area (Å²) in [7, 11) is 0. The van der Waals surface area contributed by atoms with E-state index in [0.717, 1.165) is 0 Å². The third-order valence-corrected chi connectivity index (χ3v) is 0.921. The SMILES string of the molecule is C#CC=CCC(N)C(=O)O. The van der Waals surface area contributed by atoms with E-state index in [2.05, 4.69) is 5.92 Å². The van der Waals surface area contributed by atoms with Crippen LogP contribution in [0.2, 0.25) is 0 Å². The number of carboxylic acids is 1. The Morgan fingerprint density at radius 3 is 2.90 bits per heavy atom. The maximum Gasteiger partial charge on any atom is 0.320 e. The Bertz CT molecular complexity index is 179. The number of allylic oxidation sites excluding steroid dienone is 1. The number of carbonyl (C=O) groups is 1. The van der Waals surface area contributed by atoms with Crippen molar-refractivity contribution in [3.63, 3.8) is 0 Å². The van der Waals surface area contributed by atoms with Crippen LogP contribution >= 0.6 is 0 Å². The summed E-state index contributed by atoms with van der Waals surface area (Å²) < 4.78 is 0. The van der Waals surface area contributed by atoms with Gasteiger partial charge in [-0.15, -0.1) is 6.42 Å². The van der Waals surface area contributed by atoms with Crippen LogP contribution in [0.1, 0.15) is 6.42 Å². The normalized spacial score (nSPS) is 12.8. The van der Waals surface area contributed by atoms with Crippen molar-refractivity contribution in [2.45, 2.75) is 12.5 Å². The molecule has 0 aliphatic rings. The summed E-state index contributed by atoms with van der Waals surface area (Å²) in [6, 6.07) is -0.843. The molecule has 0 fully saturated rings. The molecule has 1 unspecified atom stereocenters. The molecule has 0 radical (unpaired) electrons. The molecular formula is C7H9NO2. The van der Waals surface area contributed by atoms with Gasteiger partial charge in [-0.3, -0.25) is 4.79 Å². The first-order valence-corrected chi connectivity index (χ1v) is 2.78. The lowest BCUT2D eigenvalue weighted by molar-refractivity contribution is -0.138. The van der Waals surface area contributed by atoms with Crippen LogP contribution in [0.5, 0.6) is 0 Å². The fourth-order valence-corrected chi connectivity index (χ4v) is 0.384. The molecule has 3 nitrogen and oxygen atoms in total. The molecule has 0 saturated carbocycles. The Hall–Kier alpha value is -1.27. The summed E-state index contributed by atoms with van der Waals surface area (Å²) in [4.78, 5) is 10.1. The van der Waals surface area contributed by atoms with Crippen LogP contribution < -0.4 is 5.73 Å². The molecule has 0 aliphatic carbocycles. The van der Waals surface area contributed by atoms with E-state index >= 15 is 0 Å². The molecule has 0 aromatic rings. The highest BCUT2D eigenvalue weighted by Crippen LogP contribution is 1.88. The molecule has 0 aromatic heterocycles. The maximum atomic E-state index is 10.1. The Kier molecular flexibility index (Phi) is 4.01. The summed E-state index contributed by atoms with van der Waals surface area (Å²) in [5.74, 6) is 1.22. The molecule has 0 heterocycles. The molecule has 0 aromatic carbocycles. The van der Waals surface area contributed by atoms with Crippen LogP contribution in [0.15, 0.2) is 12.2 Å². The molecule has 3 heteroatoms. The zero-order valence-corrected chi connectivity index (χ0v) is 5.45. The number of aliphatic carboxylic acids is 1. The van der Waals surface area contributed by atoms with Crippen LogP contribution in [0.4, 0.5) is 0 Å². The quantitative estimate of drug-likeness (QED) is 0.540. The van der Waals surface area contributed by atoms with Gasteiger partial charge in [0.25, 0.3) is 0 Å². The van der Waals surface area contributed by atoms with E-state index in [-0.39, 0.29) is 6.42 Å². The summed E-state index contributed by atoms with van der Waals surface area (Å²) >= 11 is 0. The second-order valence-corrected chi connectivity index (χ2v) is 1.75. The van der Waals surface area contributed by atoms with Gasteiger partial charge in [-0.05, 0) is 12.5 Å². The van der Waals surface area contributed by atoms with Gasteiger partial charge in [-0.2, -0.15) is 0 Å². The third-order valence-electron chi connectivity index (χ3n) is 0.921. The predicted molar refractivity (Wildman–Crippen MR) is 38.2 cm³/mol. The minimum atomic E-state index is -1.01. The lowest BCUT2D eigenvalue weighted by atomic mass is 10.2. The Morgan fingerprint density at radius 2 is 2.50 bits per heavy atom. The summed E-state index contributed by atoms with van der Waals surface area (Å²) in [6.07, 6.45) is 8.13. The van der Waals surface area contributed by atoms with Crippen LogP contribution in [0.25, 0.3) is 0 Å². The van der Waals surface area contributed by atoms with Crippen molar-refractivity contribution in [3.8, 4) is 12.3 Å². The number of hydrogen-bond acceptors (Lipinski definition) is 2. The first-order chi connectivity index (χ1) is 4.68. The molecule has 3 N–H and O–H groups in total. The average molecular weight is 139 g/mol. The van der Waals surface area contributed by atoms with Gasteiger partial charge in [0.1, 0.15) is 6.04 Å². The van der Waals surface area contributed by atoms with Crippen molar-refractivity contribution in [3.05, 3.63) is 12.2 Å². The van der Waals surface area contributed by atoms with Crippen LogP contribution in [0.3, 0.4) is 0 Å². The van der Waals surface area contributed by atoms with Gasteiger partial charge in [0, 0.05) is 0 Å². The smallest absolute Gasteiger partial charge is 0.320 e. The number of terminal acetylenes is 1. The summed E-state index contributed by atoms with van der Waals surface area (Å²) in [5, 5.41) is 8.27. The molecule has 0 amide bonds. The van der Waals surface area contributed by atoms with Gasteiger partial charge in [0.05, 0.1) is 0 Å². The Balaban J connectivity index is 3.61. The highest BCUT2D eigenvalue weighted by atomic mass is 16.4. The van der Waals surface area contributed by atoms with Crippen molar-refractivity contribution in [2.24, 2.45) is 5.73 Å². The molecule has 0 bridgehead atoms. The van der Waals surface area contributed by atoms with Crippen molar-refractivity contribution in [2.75, 3.05) is 0 Å². The zero-order valence-electron chi connectivity index (χ0n) is 5.45. The molecule has 0 aliphatic heterocycles. The van der Waals surface area contributed by atoms with Crippen LogP contribution in [-0.4, -0.2) is 17.1 Å². The standard InChI is InChI=1S/C7H9NO2/c1-2-3-4-5-6(8)7(9)10/h1,3-4,6H,5,8H2,(H,9,10). The first-order valence-electron chi connectivity index (χ1n) is 2.78. The second kappa shape index (κ2) is 4.59. The highest BCUT2D eigenvalue weighted by molar-refractivity contribution is 5.73. The second-order valence-electron chi connectivity index (χ2n) is 1.75. The lowest BCUT2D eigenvalue weighted by Gasteiger charge is -1.98. The van der Waals surface area contributed by atoms with Crippen LogP contribution in [-0.2, 0) is 4.79 Å². The van der Waals surface area contributed by atoms with Gasteiger partial charge in [0.15, 0.2) is 0 Å². The first kappa shape index (κ1) is 8.73. The molecule has 10 heavy (non-hydrogen) atoms. The van der Waals surface area contributed by atoms with Crippen molar-refractivity contribution >= 4 is 5.97 Å². The number of carboxylic acid groups (broad SMARTS) is 1. The van der Waals surface area contributed by atoms with Crippen molar-refractivity contribution in [1.82, 2.24) is 0 Å². The van der Waals surface area contributed by atoms with E-state index in [4.69, 9.17) is 17.3 Å². The molecule has 54 valence electrons. The number of rotatable bonds is 3. The minimum Gasteiger partial charge on any atom is -0.480 e. The molecule has 0 spiro atoms.